The van der Waals surface area contributed by atoms with Crippen LogP contribution >= 0.6 is 0 Å². The van der Waals surface area contributed by atoms with Gasteiger partial charge < -0.3 is 25.4 Å². The van der Waals surface area contributed by atoms with Crippen LogP contribution in [0.3, 0.4) is 0 Å². The fraction of sp³-hybridized carbons (Fsp3) is 0.368. The number of ether oxygens (including phenoxy) is 1. The lowest BCUT2D eigenvalue weighted by Crippen LogP contribution is -2.16. The molecule has 27 heavy (non-hydrogen) atoms. The molecular formula is C19H24FN5O2. The van der Waals surface area contributed by atoms with Crippen molar-refractivity contribution in [2.75, 3.05) is 20.2 Å². The van der Waals surface area contributed by atoms with E-state index in [9.17, 15) is 9.18 Å². The summed E-state index contributed by atoms with van der Waals surface area (Å²) in [5, 5.41) is 18.5. The number of allylic oxidation sites excluding steroid dienone is 1. The normalized spacial score (nSPS) is 13.7. The molecule has 1 aromatic carbocycles. The van der Waals surface area contributed by atoms with Crippen LogP contribution in [0, 0.1) is 16.6 Å². The largest absolute Gasteiger partial charge is 0.468 e. The van der Waals surface area contributed by atoms with Crippen molar-refractivity contribution < 1.29 is 13.9 Å². The van der Waals surface area contributed by atoms with E-state index < -0.39 is 0 Å². The number of hydrogen-bond donors (Lipinski definition) is 3. The van der Waals surface area contributed by atoms with Crippen LogP contribution in [-0.2, 0) is 9.53 Å². The van der Waals surface area contributed by atoms with E-state index in [0.717, 1.165) is 23.9 Å². The molecule has 0 amide bonds. The molecule has 0 unspecified atom stereocenters. The van der Waals surface area contributed by atoms with Gasteiger partial charge in [-0.25, -0.2) is 9.37 Å². The van der Waals surface area contributed by atoms with Crippen molar-refractivity contribution in [3.05, 3.63) is 35.9 Å². The maximum absolute atomic E-state index is 13.6. The summed E-state index contributed by atoms with van der Waals surface area (Å²) in [5.41, 5.74) is 2.42. The van der Waals surface area contributed by atoms with E-state index in [-0.39, 0.29) is 5.82 Å². The van der Waals surface area contributed by atoms with Crippen LogP contribution in [0.2, 0.25) is 0 Å². The Balaban J connectivity index is 0.000000465. The number of carbonyl (C=O) groups excluding carboxylic acids is 1. The van der Waals surface area contributed by atoms with Crippen LogP contribution in [0.5, 0.6) is 0 Å². The highest BCUT2D eigenvalue weighted by atomic mass is 19.1. The van der Waals surface area contributed by atoms with Gasteiger partial charge in [0.05, 0.1) is 17.6 Å². The molecule has 2 aromatic rings. The fourth-order valence-corrected chi connectivity index (χ4v) is 2.64. The molecule has 1 saturated carbocycles. The fourth-order valence-electron chi connectivity index (χ4n) is 2.64. The van der Waals surface area contributed by atoms with E-state index in [2.05, 4.69) is 15.0 Å². The second-order valence-corrected chi connectivity index (χ2v) is 6.02. The van der Waals surface area contributed by atoms with Gasteiger partial charge in [0.2, 0.25) is 0 Å². The maximum Gasteiger partial charge on any atom is 0.293 e. The summed E-state index contributed by atoms with van der Waals surface area (Å²) in [6.45, 7) is 3.09. The van der Waals surface area contributed by atoms with Gasteiger partial charge >= 0.3 is 0 Å². The van der Waals surface area contributed by atoms with E-state index >= 15 is 0 Å². The SMILES string of the molecule is CCOC=O.CNCC(=N)/C=C(\C=N)c1nc2ccc(F)cc2n1C1CC1. The smallest absolute Gasteiger partial charge is 0.293 e. The van der Waals surface area contributed by atoms with Gasteiger partial charge in [-0.3, -0.25) is 4.79 Å². The lowest BCUT2D eigenvalue weighted by molar-refractivity contribution is -0.128. The molecule has 0 saturated heterocycles. The number of nitrogens with one attached hydrogen (secondary N) is 3. The van der Waals surface area contributed by atoms with E-state index in [4.69, 9.17) is 10.8 Å². The minimum atomic E-state index is -0.288. The van der Waals surface area contributed by atoms with E-state index in [0.29, 0.717) is 42.8 Å². The van der Waals surface area contributed by atoms with Gasteiger partial charge in [-0.05, 0) is 51.1 Å². The lowest BCUT2D eigenvalue weighted by atomic mass is 10.2. The summed E-state index contributed by atoms with van der Waals surface area (Å²) in [5.74, 6) is 0.350. The highest BCUT2D eigenvalue weighted by Crippen LogP contribution is 2.40. The zero-order chi connectivity index (χ0) is 19.8. The molecule has 1 aliphatic carbocycles. The number of rotatable bonds is 8. The van der Waals surface area contributed by atoms with Crippen LogP contribution in [0.25, 0.3) is 16.6 Å². The molecule has 1 aliphatic rings. The minimum Gasteiger partial charge on any atom is -0.468 e. The molecule has 0 bridgehead atoms. The summed E-state index contributed by atoms with van der Waals surface area (Å²) < 4.78 is 19.7. The van der Waals surface area contributed by atoms with E-state index in [1.807, 2.05) is 4.57 Å². The van der Waals surface area contributed by atoms with Crippen molar-refractivity contribution in [1.29, 1.82) is 10.8 Å². The zero-order valence-electron chi connectivity index (χ0n) is 15.5. The van der Waals surface area contributed by atoms with Gasteiger partial charge in [-0.1, -0.05) is 0 Å². The van der Waals surface area contributed by atoms with Gasteiger partial charge in [-0.15, -0.1) is 0 Å². The van der Waals surface area contributed by atoms with Crippen LogP contribution < -0.4 is 5.32 Å². The number of carbonyl (C=O) groups is 1. The molecule has 7 nitrogen and oxygen atoms in total. The molecule has 1 heterocycles. The second kappa shape index (κ2) is 9.72. The molecule has 8 heteroatoms. The number of imidazole rings is 1. The average Bonchev–Trinajstić information content (AvgIpc) is 3.41. The van der Waals surface area contributed by atoms with Gasteiger partial charge in [0, 0.05) is 30.1 Å². The van der Waals surface area contributed by atoms with Gasteiger partial charge in [0.15, 0.2) is 0 Å². The van der Waals surface area contributed by atoms with Gasteiger partial charge in [0.1, 0.15) is 11.6 Å². The molecule has 0 atom stereocenters. The zero-order valence-corrected chi connectivity index (χ0v) is 15.5. The third kappa shape index (κ3) is 5.30. The van der Waals surface area contributed by atoms with Crippen molar-refractivity contribution in [2.24, 2.45) is 0 Å². The first-order valence-corrected chi connectivity index (χ1v) is 8.73. The van der Waals surface area contributed by atoms with Crippen molar-refractivity contribution in [1.82, 2.24) is 14.9 Å². The molecule has 0 radical (unpaired) electrons. The third-order valence-electron chi connectivity index (χ3n) is 3.91. The summed E-state index contributed by atoms with van der Waals surface area (Å²) in [6.07, 6.45) is 4.92. The summed E-state index contributed by atoms with van der Waals surface area (Å²) in [4.78, 5) is 13.7. The van der Waals surface area contributed by atoms with Crippen molar-refractivity contribution >= 4 is 35.0 Å². The average molecular weight is 373 g/mol. The standard InChI is InChI=1S/C16H18FN5.C3H6O2/c1-20-9-12(19)6-10(8-18)16-21-14-5-2-11(17)7-15(14)22(16)13-3-4-13;1-2-5-3-4/h2,5-8,13,18-20H,3-4,9H2,1H3;3H,2H2,1H3/b10-6+,18-8?,19-12?;. The number of aromatic nitrogens is 2. The first kappa shape index (κ1) is 20.4. The third-order valence-corrected chi connectivity index (χ3v) is 3.91. The number of benzene rings is 1. The predicted molar refractivity (Wildman–Crippen MR) is 104 cm³/mol. The Bertz CT molecular complexity index is 855. The highest BCUT2D eigenvalue weighted by Gasteiger charge is 2.29. The monoisotopic (exact) mass is 373 g/mol. The topological polar surface area (TPSA) is 104 Å². The molecule has 1 aromatic heterocycles. The Morgan fingerprint density at radius 1 is 1.48 bits per heavy atom. The lowest BCUT2D eigenvalue weighted by Gasteiger charge is -2.08. The number of hydrogen-bond acceptors (Lipinski definition) is 6. The van der Waals surface area contributed by atoms with Crippen LogP contribution in [0.4, 0.5) is 4.39 Å². The van der Waals surface area contributed by atoms with E-state index in [1.165, 1.54) is 18.3 Å². The number of nitrogens with zero attached hydrogens (tertiary/aromatic N) is 2. The van der Waals surface area contributed by atoms with Crippen LogP contribution in [-0.4, -0.2) is 48.1 Å². The molecule has 144 valence electrons. The summed E-state index contributed by atoms with van der Waals surface area (Å²) in [6, 6.07) is 4.86. The molecule has 1 fully saturated rings. The molecule has 3 rings (SSSR count). The quantitative estimate of drug-likeness (QED) is 0.489. The second-order valence-electron chi connectivity index (χ2n) is 6.02. The van der Waals surface area contributed by atoms with Crippen molar-refractivity contribution in [2.45, 2.75) is 25.8 Å². The molecule has 0 spiro atoms. The summed E-state index contributed by atoms with van der Waals surface area (Å²) in [7, 11) is 1.77. The van der Waals surface area contributed by atoms with Crippen molar-refractivity contribution in [3.8, 4) is 0 Å². The first-order chi connectivity index (χ1) is 13.0. The van der Waals surface area contributed by atoms with Crippen molar-refractivity contribution in [3.63, 3.8) is 0 Å². The minimum absolute atomic E-state index is 0.288. The Kier molecular flexibility index (Phi) is 7.36. The Labute approximate surface area is 157 Å². The molecular weight excluding hydrogens is 349 g/mol. The first-order valence-electron chi connectivity index (χ1n) is 8.73. The molecule has 3 N–H and O–H groups in total. The predicted octanol–water partition coefficient (Wildman–Crippen LogP) is 2.96. The molecule has 0 aliphatic heterocycles. The van der Waals surface area contributed by atoms with E-state index in [1.54, 1.807) is 26.1 Å². The summed E-state index contributed by atoms with van der Waals surface area (Å²) >= 11 is 0. The van der Waals surface area contributed by atoms with Crippen LogP contribution in [0.1, 0.15) is 31.6 Å². The number of fused-ring (bicyclic) bond motifs is 1. The Hall–Kier alpha value is -2.87. The van der Waals surface area contributed by atoms with Gasteiger partial charge in [-0.2, -0.15) is 0 Å². The highest BCUT2D eigenvalue weighted by molar-refractivity contribution is 6.15. The Morgan fingerprint density at radius 2 is 2.22 bits per heavy atom. The number of halogens is 1. The Morgan fingerprint density at radius 3 is 2.74 bits per heavy atom. The van der Waals surface area contributed by atoms with Crippen LogP contribution in [0.15, 0.2) is 24.3 Å². The maximum atomic E-state index is 13.6. The van der Waals surface area contributed by atoms with Gasteiger partial charge in [0.25, 0.3) is 6.47 Å².